The number of hydrogen-bond donors (Lipinski definition) is 2. The maximum atomic E-state index is 11.5. The van der Waals surface area contributed by atoms with Gasteiger partial charge in [0.05, 0.1) is 0 Å². The van der Waals surface area contributed by atoms with Crippen LogP contribution >= 0.6 is 11.8 Å². The van der Waals surface area contributed by atoms with Crippen molar-refractivity contribution in [2.24, 2.45) is 5.41 Å². The highest BCUT2D eigenvalue weighted by atomic mass is 32.2. The van der Waals surface area contributed by atoms with Crippen molar-refractivity contribution >= 4 is 17.7 Å². The molecule has 100 valence electrons. The average Bonchev–Trinajstić information content (AvgIpc) is 2.19. The Labute approximate surface area is 109 Å². The zero-order valence-electron chi connectivity index (χ0n) is 11.5. The summed E-state index contributed by atoms with van der Waals surface area (Å²) in [4.78, 5) is 11.5. The number of nitrogens with one attached hydrogen (secondary N) is 2. The number of hydrogen-bond acceptors (Lipinski definition) is 3. The fourth-order valence-electron chi connectivity index (χ4n) is 2.03. The molecule has 1 aliphatic rings. The zero-order valence-corrected chi connectivity index (χ0v) is 12.3. The molecule has 0 aromatic heterocycles. The molecule has 17 heavy (non-hydrogen) atoms. The number of thioether (sulfide) groups is 1. The van der Waals surface area contributed by atoms with Crippen molar-refractivity contribution in [3.8, 4) is 0 Å². The van der Waals surface area contributed by atoms with E-state index in [1.807, 2.05) is 25.6 Å². The van der Waals surface area contributed by atoms with Crippen LogP contribution in [0.5, 0.6) is 0 Å². The van der Waals surface area contributed by atoms with Crippen molar-refractivity contribution in [3.63, 3.8) is 0 Å². The Morgan fingerprint density at radius 2 is 2.18 bits per heavy atom. The van der Waals surface area contributed by atoms with Crippen LogP contribution in [0, 0.1) is 5.41 Å². The summed E-state index contributed by atoms with van der Waals surface area (Å²) >= 11 is 2.01. The first-order chi connectivity index (χ1) is 7.92. The molecular formula is C13H26N2OS. The largest absolute Gasteiger partial charge is 0.354 e. The molecule has 0 radical (unpaired) electrons. The van der Waals surface area contributed by atoms with E-state index in [-0.39, 0.29) is 11.9 Å². The summed E-state index contributed by atoms with van der Waals surface area (Å²) in [5.41, 5.74) is 0.361. The van der Waals surface area contributed by atoms with Gasteiger partial charge < -0.3 is 10.6 Å². The van der Waals surface area contributed by atoms with E-state index in [2.05, 4.69) is 24.5 Å². The van der Waals surface area contributed by atoms with Gasteiger partial charge in [-0.05, 0) is 31.4 Å². The molecular weight excluding hydrogens is 232 g/mol. The Bertz CT molecular complexity index is 254. The smallest absolute Gasteiger partial charge is 0.221 e. The number of amides is 1. The van der Waals surface area contributed by atoms with Gasteiger partial charge in [0.15, 0.2) is 0 Å². The lowest BCUT2D eigenvalue weighted by molar-refractivity contribution is -0.121. The normalized spacial score (nSPS) is 23.7. The van der Waals surface area contributed by atoms with Gasteiger partial charge in [0.25, 0.3) is 0 Å². The molecule has 1 fully saturated rings. The van der Waals surface area contributed by atoms with Gasteiger partial charge in [-0.25, -0.2) is 0 Å². The molecule has 3 nitrogen and oxygen atoms in total. The molecule has 1 atom stereocenters. The van der Waals surface area contributed by atoms with Crippen LogP contribution in [-0.4, -0.2) is 36.0 Å². The quantitative estimate of drug-likeness (QED) is 0.793. The van der Waals surface area contributed by atoms with Gasteiger partial charge in [-0.2, -0.15) is 11.8 Å². The number of carbonyl (C=O) groups excluding carboxylic acids is 1. The summed E-state index contributed by atoms with van der Waals surface area (Å²) in [6.07, 6.45) is 1.84. The molecule has 0 bridgehead atoms. The Balaban J connectivity index is 2.23. The molecule has 2 N–H and O–H groups in total. The number of rotatable bonds is 5. The summed E-state index contributed by atoms with van der Waals surface area (Å²) in [7, 11) is 0. The standard InChI is InChI=1S/C13H26N2OS/c1-10(2)15-12(16)5-7-14-11-9-17-8-6-13(11,3)4/h10-11,14H,5-9H2,1-4H3,(H,15,16). The van der Waals surface area contributed by atoms with E-state index in [1.54, 1.807) is 0 Å². The molecule has 0 aliphatic carbocycles. The Morgan fingerprint density at radius 3 is 2.76 bits per heavy atom. The minimum atomic E-state index is 0.147. The predicted octanol–water partition coefficient (Wildman–Crippen LogP) is 2.02. The van der Waals surface area contributed by atoms with Gasteiger partial charge in [0, 0.05) is 30.8 Å². The third-order valence-corrected chi connectivity index (χ3v) is 4.37. The lowest BCUT2D eigenvalue weighted by Crippen LogP contribution is -2.47. The molecule has 1 aliphatic heterocycles. The lowest BCUT2D eigenvalue weighted by Gasteiger charge is -2.38. The summed E-state index contributed by atoms with van der Waals surface area (Å²) < 4.78 is 0. The van der Waals surface area contributed by atoms with Crippen molar-refractivity contribution in [3.05, 3.63) is 0 Å². The minimum absolute atomic E-state index is 0.147. The van der Waals surface area contributed by atoms with Gasteiger partial charge in [-0.3, -0.25) is 4.79 Å². The van der Waals surface area contributed by atoms with Crippen molar-refractivity contribution in [2.45, 2.75) is 52.6 Å². The van der Waals surface area contributed by atoms with Crippen LogP contribution in [0.3, 0.4) is 0 Å². The molecule has 0 aromatic carbocycles. The molecule has 1 rings (SSSR count). The van der Waals surface area contributed by atoms with E-state index in [4.69, 9.17) is 0 Å². The highest BCUT2D eigenvalue weighted by Gasteiger charge is 2.31. The van der Waals surface area contributed by atoms with Crippen LogP contribution in [0.15, 0.2) is 0 Å². The van der Waals surface area contributed by atoms with Crippen LogP contribution < -0.4 is 10.6 Å². The van der Waals surface area contributed by atoms with Crippen LogP contribution in [-0.2, 0) is 4.79 Å². The highest BCUT2D eigenvalue weighted by molar-refractivity contribution is 7.99. The van der Waals surface area contributed by atoms with Crippen molar-refractivity contribution in [1.29, 1.82) is 0 Å². The van der Waals surface area contributed by atoms with E-state index in [1.165, 1.54) is 17.9 Å². The topological polar surface area (TPSA) is 41.1 Å². The second-order valence-corrected chi connectivity index (χ2v) is 6.94. The second-order valence-electron chi connectivity index (χ2n) is 5.79. The highest BCUT2D eigenvalue weighted by Crippen LogP contribution is 2.33. The molecule has 1 heterocycles. The Morgan fingerprint density at radius 1 is 1.47 bits per heavy atom. The maximum absolute atomic E-state index is 11.5. The first-order valence-corrected chi connectivity index (χ1v) is 7.68. The third-order valence-electron chi connectivity index (χ3n) is 3.31. The summed E-state index contributed by atoms with van der Waals surface area (Å²) in [5.74, 6) is 2.58. The molecule has 4 heteroatoms. The molecule has 0 saturated carbocycles. The van der Waals surface area contributed by atoms with Gasteiger partial charge in [-0.1, -0.05) is 13.8 Å². The van der Waals surface area contributed by atoms with Crippen molar-refractivity contribution in [2.75, 3.05) is 18.1 Å². The third kappa shape index (κ3) is 5.30. The zero-order chi connectivity index (χ0) is 12.9. The Hall–Kier alpha value is -0.220. The lowest BCUT2D eigenvalue weighted by atomic mass is 9.82. The summed E-state index contributed by atoms with van der Waals surface area (Å²) in [6, 6.07) is 0.775. The van der Waals surface area contributed by atoms with Gasteiger partial charge >= 0.3 is 0 Å². The van der Waals surface area contributed by atoms with Gasteiger partial charge in [-0.15, -0.1) is 0 Å². The van der Waals surface area contributed by atoms with Crippen LogP contribution in [0.2, 0.25) is 0 Å². The van der Waals surface area contributed by atoms with Gasteiger partial charge in [0.1, 0.15) is 0 Å². The SMILES string of the molecule is CC(C)NC(=O)CCNC1CSCCC1(C)C. The first-order valence-electron chi connectivity index (χ1n) is 6.52. The predicted molar refractivity (Wildman–Crippen MR) is 75.4 cm³/mol. The molecule has 1 unspecified atom stereocenters. The monoisotopic (exact) mass is 258 g/mol. The van der Waals surface area contributed by atoms with Gasteiger partial charge in [0.2, 0.25) is 5.91 Å². The fourth-order valence-corrected chi connectivity index (χ4v) is 3.67. The first kappa shape index (κ1) is 14.8. The fraction of sp³-hybridized carbons (Fsp3) is 0.923. The van der Waals surface area contributed by atoms with Crippen LogP contribution in [0.4, 0.5) is 0 Å². The van der Waals surface area contributed by atoms with Crippen molar-refractivity contribution < 1.29 is 4.79 Å². The molecule has 1 amide bonds. The summed E-state index contributed by atoms with van der Waals surface area (Å²) in [5, 5.41) is 6.45. The van der Waals surface area contributed by atoms with E-state index in [0.717, 1.165) is 6.54 Å². The van der Waals surface area contributed by atoms with Crippen LogP contribution in [0.25, 0.3) is 0 Å². The minimum Gasteiger partial charge on any atom is -0.354 e. The summed E-state index contributed by atoms with van der Waals surface area (Å²) in [6.45, 7) is 9.41. The van der Waals surface area contributed by atoms with E-state index in [0.29, 0.717) is 17.9 Å². The van der Waals surface area contributed by atoms with Crippen molar-refractivity contribution in [1.82, 2.24) is 10.6 Å². The average molecular weight is 258 g/mol. The molecule has 1 saturated heterocycles. The second kappa shape index (κ2) is 6.64. The van der Waals surface area contributed by atoms with E-state index >= 15 is 0 Å². The molecule has 0 spiro atoms. The van der Waals surface area contributed by atoms with E-state index < -0.39 is 0 Å². The number of carbonyl (C=O) groups is 1. The maximum Gasteiger partial charge on any atom is 0.221 e. The molecule has 0 aromatic rings. The van der Waals surface area contributed by atoms with E-state index in [9.17, 15) is 4.79 Å². The van der Waals surface area contributed by atoms with Crippen LogP contribution in [0.1, 0.15) is 40.5 Å². The Kier molecular flexibility index (Phi) is 5.80.